The van der Waals surface area contributed by atoms with Crippen LogP contribution in [0.4, 0.5) is 4.79 Å². The van der Waals surface area contributed by atoms with Gasteiger partial charge in [-0.05, 0) is 26.7 Å². The second kappa shape index (κ2) is 5.59. The minimum atomic E-state index is -0.737. The number of β-lactam (4-membered cyclic amide) rings is 1. The number of hydrogen-bond acceptors (Lipinski definition) is 4. The lowest BCUT2D eigenvalue weighted by molar-refractivity contribution is -0.154. The van der Waals surface area contributed by atoms with Crippen LogP contribution in [0, 0.1) is 5.92 Å². The Morgan fingerprint density at radius 3 is 2.21 bits per heavy atom. The van der Waals surface area contributed by atoms with E-state index in [0.717, 1.165) is 0 Å². The van der Waals surface area contributed by atoms with Crippen molar-refractivity contribution in [3.8, 4) is 0 Å². The van der Waals surface area contributed by atoms with Crippen molar-refractivity contribution in [1.29, 1.82) is 0 Å². The molecule has 0 aromatic carbocycles. The highest BCUT2D eigenvalue weighted by Gasteiger charge is 2.37. The molecule has 108 valence electrons. The molecule has 0 bridgehead atoms. The Balaban J connectivity index is 2.65. The molecule has 0 spiro atoms. The van der Waals surface area contributed by atoms with Crippen LogP contribution in [0.3, 0.4) is 0 Å². The normalized spacial score (nSPS) is 16.9. The smallest absolute Gasteiger partial charge is 0.408 e. The summed E-state index contributed by atoms with van der Waals surface area (Å²) in [6, 6.07) is -0.737. The van der Waals surface area contributed by atoms with Crippen LogP contribution in [0.2, 0.25) is 0 Å². The zero-order valence-electron chi connectivity index (χ0n) is 12.1. The summed E-state index contributed by atoms with van der Waals surface area (Å²) in [5, 5.41) is 2.54. The second-order valence-corrected chi connectivity index (χ2v) is 6.00. The fourth-order valence-corrected chi connectivity index (χ4v) is 1.66. The number of ether oxygens (including phenoxy) is 1. The van der Waals surface area contributed by atoms with Crippen LogP contribution in [0.15, 0.2) is 0 Å². The minimum absolute atomic E-state index is 0.117. The molecule has 1 aliphatic rings. The van der Waals surface area contributed by atoms with Crippen molar-refractivity contribution in [3.63, 3.8) is 0 Å². The number of rotatable bonds is 3. The lowest BCUT2D eigenvalue weighted by atomic mass is 10.0. The summed E-state index contributed by atoms with van der Waals surface area (Å²) in [5.41, 5.74) is -0.624. The lowest BCUT2D eigenvalue weighted by Crippen LogP contribution is -2.57. The predicted octanol–water partition coefficient (Wildman–Crippen LogP) is 1.29. The van der Waals surface area contributed by atoms with E-state index in [1.54, 1.807) is 20.8 Å². The summed E-state index contributed by atoms with van der Waals surface area (Å²) in [6.07, 6.45) is -0.254. The highest BCUT2D eigenvalue weighted by atomic mass is 16.6. The van der Waals surface area contributed by atoms with Gasteiger partial charge in [0, 0.05) is 13.0 Å². The van der Waals surface area contributed by atoms with Crippen molar-refractivity contribution < 1.29 is 19.1 Å². The molecule has 0 aromatic rings. The van der Waals surface area contributed by atoms with Gasteiger partial charge in [-0.2, -0.15) is 0 Å². The largest absolute Gasteiger partial charge is 0.444 e. The number of carbonyl (C=O) groups is 3. The van der Waals surface area contributed by atoms with Gasteiger partial charge < -0.3 is 10.1 Å². The van der Waals surface area contributed by atoms with Crippen LogP contribution < -0.4 is 5.32 Å². The van der Waals surface area contributed by atoms with E-state index in [-0.39, 0.29) is 17.7 Å². The van der Waals surface area contributed by atoms with Crippen molar-refractivity contribution in [1.82, 2.24) is 10.2 Å². The molecule has 1 heterocycles. The van der Waals surface area contributed by atoms with Crippen LogP contribution in [0.25, 0.3) is 0 Å². The van der Waals surface area contributed by atoms with Gasteiger partial charge in [0.2, 0.25) is 5.91 Å². The third-order valence-corrected chi connectivity index (χ3v) is 2.72. The minimum Gasteiger partial charge on any atom is -0.444 e. The Bertz CT molecular complexity index is 385. The highest BCUT2D eigenvalue weighted by Crippen LogP contribution is 2.15. The molecule has 0 radical (unpaired) electrons. The van der Waals surface area contributed by atoms with E-state index in [9.17, 15) is 14.4 Å². The van der Waals surface area contributed by atoms with Gasteiger partial charge in [0.1, 0.15) is 11.6 Å². The number of carbonyl (C=O) groups excluding carboxylic acids is 3. The zero-order valence-corrected chi connectivity index (χ0v) is 12.1. The molecule has 0 aromatic heterocycles. The molecule has 1 aliphatic heterocycles. The number of nitrogens with zero attached hydrogens (tertiary/aromatic N) is 1. The third kappa shape index (κ3) is 4.22. The van der Waals surface area contributed by atoms with E-state index in [1.807, 2.05) is 13.8 Å². The number of hydrogen-bond donors (Lipinski definition) is 1. The molecule has 0 aliphatic carbocycles. The third-order valence-electron chi connectivity index (χ3n) is 2.72. The first-order valence-electron chi connectivity index (χ1n) is 6.45. The van der Waals surface area contributed by atoms with Crippen molar-refractivity contribution in [2.24, 2.45) is 5.92 Å². The molecule has 6 heteroatoms. The van der Waals surface area contributed by atoms with E-state index in [0.29, 0.717) is 13.0 Å². The average molecular weight is 270 g/mol. The van der Waals surface area contributed by atoms with E-state index in [2.05, 4.69) is 5.32 Å². The number of alkyl carbamates (subject to hydrolysis) is 1. The Hall–Kier alpha value is -1.59. The van der Waals surface area contributed by atoms with Gasteiger partial charge >= 0.3 is 6.09 Å². The van der Waals surface area contributed by atoms with Crippen LogP contribution in [-0.4, -0.2) is 41.0 Å². The number of imide groups is 1. The summed E-state index contributed by atoms with van der Waals surface area (Å²) in [6.45, 7) is 9.29. The van der Waals surface area contributed by atoms with Crippen molar-refractivity contribution in [2.45, 2.75) is 52.7 Å². The van der Waals surface area contributed by atoms with E-state index < -0.39 is 17.7 Å². The Labute approximate surface area is 113 Å². The highest BCUT2D eigenvalue weighted by molar-refractivity contribution is 6.02. The number of likely N-dealkylation sites (tertiary alicyclic amines) is 1. The molecule has 1 atom stereocenters. The van der Waals surface area contributed by atoms with Gasteiger partial charge in [-0.25, -0.2) is 4.79 Å². The molecule has 19 heavy (non-hydrogen) atoms. The fraction of sp³-hybridized carbons (Fsp3) is 0.769. The Kier molecular flexibility index (Phi) is 4.55. The molecule has 1 N–H and O–H groups in total. The summed E-state index contributed by atoms with van der Waals surface area (Å²) in [7, 11) is 0. The fourth-order valence-electron chi connectivity index (χ4n) is 1.66. The van der Waals surface area contributed by atoms with Gasteiger partial charge in [-0.1, -0.05) is 13.8 Å². The number of amides is 3. The maximum Gasteiger partial charge on any atom is 0.408 e. The maximum atomic E-state index is 12.1. The van der Waals surface area contributed by atoms with Gasteiger partial charge in [-0.3, -0.25) is 14.5 Å². The molecule has 1 rings (SSSR count). The van der Waals surface area contributed by atoms with E-state index >= 15 is 0 Å². The molecule has 6 nitrogen and oxygen atoms in total. The summed E-state index contributed by atoms with van der Waals surface area (Å²) in [4.78, 5) is 36.3. The zero-order chi connectivity index (χ0) is 14.8. The molecular formula is C13H22N2O4. The van der Waals surface area contributed by atoms with Crippen LogP contribution >= 0.6 is 0 Å². The predicted molar refractivity (Wildman–Crippen MR) is 69.3 cm³/mol. The standard InChI is InChI=1S/C13H22N2O4/c1-8(2)10(11(17)15-7-6-9(15)16)14-12(18)19-13(3,4)5/h8,10H,6-7H2,1-5H3,(H,14,18)/t10-/m0/s1. The Morgan fingerprint density at radius 1 is 1.32 bits per heavy atom. The molecule has 1 fully saturated rings. The summed E-state index contributed by atoms with van der Waals surface area (Å²) < 4.78 is 5.12. The van der Waals surface area contributed by atoms with Crippen LogP contribution in [0.5, 0.6) is 0 Å². The first kappa shape index (κ1) is 15.5. The van der Waals surface area contributed by atoms with Crippen LogP contribution in [0.1, 0.15) is 41.0 Å². The first-order chi connectivity index (χ1) is 8.61. The van der Waals surface area contributed by atoms with Gasteiger partial charge in [0.15, 0.2) is 0 Å². The molecule has 1 saturated heterocycles. The van der Waals surface area contributed by atoms with Crippen LogP contribution in [-0.2, 0) is 14.3 Å². The monoisotopic (exact) mass is 270 g/mol. The van der Waals surface area contributed by atoms with Crippen molar-refractivity contribution >= 4 is 17.9 Å². The quantitative estimate of drug-likeness (QED) is 0.784. The summed E-state index contributed by atoms with van der Waals surface area (Å²) in [5.74, 6) is -0.674. The molecule has 0 saturated carbocycles. The van der Waals surface area contributed by atoms with E-state index in [1.165, 1.54) is 4.90 Å². The molecule has 0 unspecified atom stereocenters. The number of nitrogens with one attached hydrogen (secondary N) is 1. The molecular weight excluding hydrogens is 248 g/mol. The Morgan fingerprint density at radius 2 is 1.89 bits per heavy atom. The molecule has 3 amide bonds. The van der Waals surface area contributed by atoms with E-state index in [4.69, 9.17) is 4.74 Å². The van der Waals surface area contributed by atoms with Gasteiger partial charge in [0.05, 0.1) is 0 Å². The van der Waals surface area contributed by atoms with Gasteiger partial charge in [-0.15, -0.1) is 0 Å². The van der Waals surface area contributed by atoms with Crippen molar-refractivity contribution in [3.05, 3.63) is 0 Å². The SMILES string of the molecule is CC(C)[C@H](NC(=O)OC(C)(C)C)C(=O)N1CCC1=O. The second-order valence-electron chi connectivity index (χ2n) is 6.00. The average Bonchev–Trinajstić information content (AvgIpc) is 2.20. The summed E-state index contributed by atoms with van der Waals surface area (Å²) >= 11 is 0. The lowest BCUT2D eigenvalue weighted by Gasteiger charge is -2.33. The van der Waals surface area contributed by atoms with Crippen molar-refractivity contribution in [2.75, 3.05) is 6.54 Å². The first-order valence-corrected chi connectivity index (χ1v) is 6.45. The maximum absolute atomic E-state index is 12.1. The topological polar surface area (TPSA) is 75.7 Å². The van der Waals surface area contributed by atoms with Gasteiger partial charge in [0.25, 0.3) is 5.91 Å².